The Morgan fingerprint density at radius 2 is 1.63 bits per heavy atom. The molecule has 3 aliphatic rings. The molecule has 1 aromatic carbocycles. The second-order valence-corrected chi connectivity index (χ2v) is 13.9. The van der Waals surface area contributed by atoms with E-state index in [2.05, 4.69) is 22.8 Å². The van der Waals surface area contributed by atoms with Crippen molar-refractivity contribution < 1.29 is 19.1 Å². The number of halogens is 2. The number of carbonyl (C=O) groups excluding carboxylic acids is 2. The second kappa shape index (κ2) is 20.3. The molecule has 7 nitrogen and oxygen atoms in total. The Kier molecular flexibility index (Phi) is 16.3. The summed E-state index contributed by atoms with van der Waals surface area (Å²) in [5, 5.41) is 0.608. The average molecular weight is 677 g/mol. The molecule has 9 heteroatoms. The second-order valence-electron chi connectivity index (χ2n) is 13.0. The van der Waals surface area contributed by atoms with E-state index in [1.807, 2.05) is 30.4 Å². The molecule has 0 spiro atoms. The molecular formula is C37H55Cl2N3O4. The lowest BCUT2D eigenvalue weighted by atomic mass is 9.99. The number of esters is 1. The number of allylic oxidation sites excluding steroid dienone is 3. The first-order valence-electron chi connectivity index (χ1n) is 17.8. The Morgan fingerprint density at radius 3 is 2.39 bits per heavy atom. The Morgan fingerprint density at radius 1 is 0.913 bits per heavy atom. The molecule has 2 heterocycles. The van der Waals surface area contributed by atoms with Crippen molar-refractivity contribution in [1.29, 1.82) is 0 Å². The lowest BCUT2D eigenvalue weighted by Crippen LogP contribution is -2.48. The van der Waals surface area contributed by atoms with E-state index >= 15 is 0 Å². The van der Waals surface area contributed by atoms with E-state index in [-0.39, 0.29) is 29.9 Å². The standard InChI is InChI=1S/C37H55Cl2N3O4/c1-2-3-4-5-6-7-8-9-10-16-36(44)46-29-42-34-27-32(19-17-30(34)18-20-35(42)43)45-26-12-11-21-40-22-24-41(25-23-40)28-31-14-13-15-33(38)37(31)39/h13-15,17,19,27,31,37H,2-12,16,18,20-26,28-29H2,1H3. The lowest BCUT2D eigenvalue weighted by molar-refractivity contribution is -0.144. The van der Waals surface area contributed by atoms with E-state index in [0.717, 1.165) is 87.0 Å². The molecule has 1 fully saturated rings. The van der Waals surface area contributed by atoms with Crippen LogP contribution in [0.2, 0.25) is 0 Å². The first-order chi connectivity index (χ1) is 22.4. The van der Waals surface area contributed by atoms with Crippen molar-refractivity contribution >= 4 is 40.8 Å². The summed E-state index contributed by atoms with van der Waals surface area (Å²) in [4.78, 5) is 31.8. The van der Waals surface area contributed by atoms with Crippen LogP contribution in [-0.4, -0.2) is 79.7 Å². The number of alkyl halides is 1. The van der Waals surface area contributed by atoms with Crippen LogP contribution in [0.15, 0.2) is 41.5 Å². The number of fused-ring (bicyclic) bond motifs is 1. The molecule has 0 saturated carbocycles. The van der Waals surface area contributed by atoms with E-state index in [0.29, 0.717) is 25.9 Å². The zero-order valence-electron chi connectivity index (χ0n) is 27.9. The number of ether oxygens (including phenoxy) is 2. The van der Waals surface area contributed by atoms with Gasteiger partial charge in [-0.15, -0.1) is 11.6 Å². The SMILES string of the molecule is CCCCCCCCCCCC(=O)OCN1C(=O)CCc2ccc(OCCCCN3CCN(CC4C=CC=C(Cl)C4Cl)CC3)cc21. The first-order valence-corrected chi connectivity index (χ1v) is 18.6. The predicted molar refractivity (Wildman–Crippen MR) is 189 cm³/mol. The molecular weight excluding hydrogens is 621 g/mol. The van der Waals surface area contributed by atoms with Crippen molar-refractivity contribution in [3.05, 3.63) is 47.0 Å². The molecule has 0 N–H and O–H groups in total. The smallest absolute Gasteiger partial charge is 0.307 e. The van der Waals surface area contributed by atoms with Gasteiger partial charge in [-0.25, -0.2) is 0 Å². The number of amides is 1. The summed E-state index contributed by atoms with van der Waals surface area (Å²) in [7, 11) is 0. The number of carbonyl (C=O) groups is 2. The molecule has 0 radical (unpaired) electrons. The summed E-state index contributed by atoms with van der Waals surface area (Å²) < 4.78 is 11.6. The highest BCUT2D eigenvalue weighted by Gasteiger charge is 2.27. The Balaban J connectivity index is 1.10. The van der Waals surface area contributed by atoms with Crippen molar-refractivity contribution in [2.75, 3.05) is 57.5 Å². The monoisotopic (exact) mass is 675 g/mol. The number of hydrogen-bond acceptors (Lipinski definition) is 6. The van der Waals surface area contributed by atoms with Gasteiger partial charge in [0.1, 0.15) is 5.75 Å². The lowest BCUT2D eigenvalue weighted by Gasteiger charge is -2.37. The maximum atomic E-state index is 12.8. The van der Waals surface area contributed by atoms with E-state index in [9.17, 15) is 9.59 Å². The highest BCUT2D eigenvalue weighted by molar-refractivity contribution is 6.37. The number of benzene rings is 1. The van der Waals surface area contributed by atoms with Crippen LogP contribution in [0.3, 0.4) is 0 Å². The van der Waals surface area contributed by atoms with Crippen molar-refractivity contribution in [1.82, 2.24) is 9.80 Å². The summed E-state index contributed by atoms with van der Waals surface area (Å²) in [6.07, 6.45) is 20.5. The Hall–Kier alpha value is -2.06. The highest BCUT2D eigenvalue weighted by atomic mass is 35.5. The molecule has 2 unspecified atom stereocenters. The van der Waals surface area contributed by atoms with Crippen molar-refractivity contribution in [3.63, 3.8) is 0 Å². The van der Waals surface area contributed by atoms with Crippen LogP contribution in [0, 0.1) is 5.92 Å². The summed E-state index contributed by atoms with van der Waals surface area (Å²) in [5.74, 6) is 0.765. The highest BCUT2D eigenvalue weighted by Crippen LogP contribution is 2.32. The molecule has 256 valence electrons. The van der Waals surface area contributed by atoms with Crippen LogP contribution in [0.4, 0.5) is 5.69 Å². The van der Waals surface area contributed by atoms with Gasteiger partial charge in [-0.2, -0.15) is 0 Å². The number of anilines is 1. The van der Waals surface area contributed by atoms with E-state index < -0.39 is 0 Å². The fourth-order valence-electron chi connectivity index (χ4n) is 6.50. The largest absolute Gasteiger partial charge is 0.494 e. The predicted octanol–water partition coefficient (Wildman–Crippen LogP) is 8.08. The molecule has 46 heavy (non-hydrogen) atoms. The number of rotatable bonds is 20. The van der Waals surface area contributed by atoms with Gasteiger partial charge in [-0.05, 0) is 49.9 Å². The third-order valence-corrected chi connectivity index (χ3v) is 10.5. The zero-order valence-corrected chi connectivity index (χ0v) is 29.4. The third kappa shape index (κ3) is 12.2. The van der Waals surface area contributed by atoms with Gasteiger partial charge >= 0.3 is 5.97 Å². The van der Waals surface area contributed by atoms with Crippen LogP contribution >= 0.6 is 23.2 Å². The van der Waals surface area contributed by atoms with E-state index in [1.54, 1.807) is 4.90 Å². The molecule has 4 rings (SSSR count). The van der Waals surface area contributed by atoms with Crippen molar-refractivity contribution in [3.8, 4) is 5.75 Å². The molecule has 1 amide bonds. The Bertz CT molecular complexity index is 1150. The van der Waals surface area contributed by atoms with Gasteiger partial charge in [0.25, 0.3) is 0 Å². The fraction of sp³-hybridized carbons (Fsp3) is 0.676. The summed E-state index contributed by atoms with van der Waals surface area (Å²) >= 11 is 12.7. The molecule has 1 aromatic rings. The minimum atomic E-state index is -0.232. The number of unbranched alkanes of at least 4 members (excludes halogenated alkanes) is 9. The van der Waals surface area contributed by atoms with Crippen molar-refractivity contribution in [2.24, 2.45) is 5.92 Å². The minimum Gasteiger partial charge on any atom is -0.494 e. The molecule has 0 bridgehead atoms. The Labute approximate surface area is 287 Å². The van der Waals surface area contributed by atoms with E-state index in [4.69, 9.17) is 32.7 Å². The van der Waals surface area contributed by atoms with Crippen molar-refractivity contribution in [2.45, 2.75) is 102 Å². The normalized spacial score (nSPS) is 20.5. The van der Waals surface area contributed by atoms with Gasteiger partial charge in [0.2, 0.25) is 5.91 Å². The topological polar surface area (TPSA) is 62.3 Å². The number of nitrogens with zero attached hydrogens (tertiary/aromatic N) is 3. The molecule has 0 aromatic heterocycles. The van der Waals surface area contributed by atoms with Gasteiger partial charge in [-0.3, -0.25) is 14.5 Å². The zero-order chi connectivity index (χ0) is 32.6. The van der Waals surface area contributed by atoms with Crippen LogP contribution in [0.1, 0.15) is 96.0 Å². The molecule has 2 aliphatic heterocycles. The van der Waals surface area contributed by atoms with Crippen LogP contribution in [-0.2, 0) is 20.7 Å². The van der Waals surface area contributed by atoms with Gasteiger partial charge in [0.15, 0.2) is 6.73 Å². The minimum absolute atomic E-state index is 0.0149. The molecule has 2 atom stereocenters. The number of hydrogen-bond donors (Lipinski definition) is 0. The first kappa shape index (κ1) is 36.8. The summed E-state index contributed by atoms with van der Waals surface area (Å²) in [6.45, 7) is 9.05. The average Bonchev–Trinajstić information content (AvgIpc) is 3.06. The third-order valence-electron chi connectivity index (χ3n) is 9.42. The number of piperazine rings is 1. The van der Waals surface area contributed by atoms with Crippen LogP contribution in [0.25, 0.3) is 0 Å². The molecule has 1 saturated heterocycles. The summed E-state index contributed by atoms with van der Waals surface area (Å²) in [5.41, 5.74) is 1.88. The van der Waals surface area contributed by atoms with E-state index in [1.165, 1.54) is 44.9 Å². The van der Waals surface area contributed by atoms with Gasteiger partial charge in [0, 0.05) is 62.6 Å². The maximum Gasteiger partial charge on any atom is 0.307 e. The van der Waals surface area contributed by atoms with Gasteiger partial charge in [-0.1, -0.05) is 88.1 Å². The van der Waals surface area contributed by atoms with Gasteiger partial charge < -0.3 is 19.3 Å². The number of aryl methyl sites for hydroxylation is 1. The quantitative estimate of drug-likeness (QED) is 0.0791. The van der Waals surface area contributed by atoms with Gasteiger partial charge in [0.05, 0.1) is 17.7 Å². The van der Waals surface area contributed by atoms with Crippen LogP contribution < -0.4 is 9.64 Å². The summed E-state index contributed by atoms with van der Waals surface area (Å²) in [6, 6.07) is 5.95. The van der Waals surface area contributed by atoms with Crippen LogP contribution in [0.5, 0.6) is 5.75 Å². The fourth-order valence-corrected chi connectivity index (χ4v) is 6.97. The maximum absolute atomic E-state index is 12.8. The molecule has 1 aliphatic carbocycles.